The second-order valence-electron chi connectivity index (χ2n) is 3.99. The van der Waals surface area contributed by atoms with Crippen LogP contribution in [0.2, 0.25) is 0 Å². The molecule has 2 rings (SSSR count). The number of thiazole rings is 1. The summed E-state index contributed by atoms with van der Waals surface area (Å²) in [5, 5.41) is 2.05. The van der Waals surface area contributed by atoms with Crippen molar-refractivity contribution >= 4 is 17.3 Å². The maximum absolute atomic E-state index is 11.2. The summed E-state index contributed by atoms with van der Waals surface area (Å²) in [5.41, 5.74) is 2.91. The Morgan fingerprint density at radius 3 is 3.35 bits per heavy atom. The molecule has 0 N–H and O–H groups in total. The second-order valence-corrected chi connectivity index (χ2v) is 4.71. The van der Waals surface area contributed by atoms with Crippen molar-refractivity contribution in [3.63, 3.8) is 0 Å². The van der Waals surface area contributed by atoms with E-state index in [0.717, 1.165) is 25.3 Å². The SMILES string of the molecule is COC(=O)CC1CN(Cc2cscn2)CCO1. The van der Waals surface area contributed by atoms with Gasteiger partial charge in [0.15, 0.2) is 0 Å². The van der Waals surface area contributed by atoms with Gasteiger partial charge in [0.05, 0.1) is 37.4 Å². The molecule has 1 aliphatic rings. The van der Waals surface area contributed by atoms with Crippen molar-refractivity contribution in [1.82, 2.24) is 9.88 Å². The molecule has 0 spiro atoms. The van der Waals surface area contributed by atoms with Crippen LogP contribution in [0.15, 0.2) is 10.9 Å². The number of ether oxygens (including phenoxy) is 2. The van der Waals surface area contributed by atoms with Crippen LogP contribution in [0.3, 0.4) is 0 Å². The van der Waals surface area contributed by atoms with E-state index in [4.69, 9.17) is 4.74 Å². The molecule has 17 heavy (non-hydrogen) atoms. The van der Waals surface area contributed by atoms with Crippen LogP contribution in [0.5, 0.6) is 0 Å². The number of rotatable bonds is 4. The van der Waals surface area contributed by atoms with Gasteiger partial charge in [-0.15, -0.1) is 11.3 Å². The Bertz CT molecular complexity index is 356. The first-order chi connectivity index (χ1) is 8.28. The fourth-order valence-electron chi connectivity index (χ4n) is 1.86. The van der Waals surface area contributed by atoms with Crippen molar-refractivity contribution in [2.24, 2.45) is 0 Å². The van der Waals surface area contributed by atoms with Crippen LogP contribution in [0.4, 0.5) is 0 Å². The van der Waals surface area contributed by atoms with Crippen molar-refractivity contribution < 1.29 is 14.3 Å². The van der Waals surface area contributed by atoms with E-state index in [1.165, 1.54) is 7.11 Å². The van der Waals surface area contributed by atoms with E-state index < -0.39 is 0 Å². The lowest BCUT2D eigenvalue weighted by Gasteiger charge is -2.31. The Hall–Kier alpha value is -0.980. The summed E-state index contributed by atoms with van der Waals surface area (Å²) in [6.45, 7) is 3.12. The molecule has 1 aromatic rings. The second kappa shape index (κ2) is 6.09. The molecule has 1 aromatic heterocycles. The predicted octanol–water partition coefficient (Wildman–Crippen LogP) is 0.907. The van der Waals surface area contributed by atoms with Gasteiger partial charge >= 0.3 is 5.97 Å². The molecule has 0 aliphatic carbocycles. The van der Waals surface area contributed by atoms with E-state index in [2.05, 4.69) is 14.6 Å². The summed E-state index contributed by atoms with van der Waals surface area (Å²) in [4.78, 5) is 17.7. The number of nitrogens with zero attached hydrogens (tertiary/aromatic N) is 2. The third kappa shape index (κ3) is 3.76. The molecule has 1 saturated heterocycles. The molecule has 1 aliphatic heterocycles. The van der Waals surface area contributed by atoms with Gasteiger partial charge in [-0.2, -0.15) is 0 Å². The van der Waals surface area contributed by atoms with Crippen LogP contribution < -0.4 is 0 Å². The van der Waals surface area contributed by atoms with E-state index in [9.17, 15) is 4.79 Å². The standard InChI is InChI=1S/C11H16N2O3S/c1-15-11(14)4-10-6-13(2-3-16-10)5-9-7-17-8-12-9/h7-8,10H,2-6H2,1H3. The summed E-state index contributed by atoms with van der Waals surface area (Å²) in [6.07, 6.45) is 0.263. The van der Waals surface area contributed by atoms with Gasteiger partial charge in [-0.25, -0.2) is 4.98 Å². The normalized spacial score (nSPS) is 21.4. The molecule has 6 heteroatoms. The monoisotopic (exact) mass is 256 g/mol. The van der Waals surface area contributed by atoms with Gasteiger partial charge in [-0.1, -0.05) is 0 Å². The fraction of sp³-hybridized carbons (Fsp3) is 0.636. The smallest absolute Gasteiger partial charge is 0.308 e. The number of carbonyl (C=O) groups is 1. The van der Waals surface area contributed by atoms with E-state index in [-0.39, 0.29) is 12.1 Å². The maximum Gasteiger partial charge on any atom is 0.308 e. The van der Waals surface area contributed by atoms with Crippen LogP contribution in [0.1, 0.15) is 12.1 Å². The molecular weight excluding hydrogens is 240 g/mol. The lowest BCUT2D eigenvalue weighted by Crippen LogP contribution is -2.42. The summed E-state index contributed by atoms with van der Waals surface area (Å²) in [5.74, 6) is -0.217. The number of esters is 1. The molecule has 1 unspecified atom stereocenters. The quantitative estimate of drug-likeness (QED) is 0.749. The van der Waals surface area contributed by atoms with Crippen molar-refractivity contribution in [2.75, 3.05) is 26.8 Å². The molecule has 0 aromatic carbocycles. The van der Waals surface area contributed by atoms with E-state index >= 15 is 0 Å². The first-order valence-corrected chi connectivity index (χ1v) is 6.50. The molecule has 0 radical (unpaired) electrons. The van der Waals surface area contributed by atoms with Gasteiger partial charge in [0.2, 0.25) is 0 Å². The van der Waals surface area contributed by atoms with Crippen LogP contribution >= 0.6 is 11.3 Å². The summed E-state index contributed by atoms with van der Waals surface area (Å²) < 4.78 is 10.2. The van der Waals surface area contributed by atoms with E-state index in [1.54, 1.807) is 11.3 Å². The third-order valence-electron chi connectivity index (χ3n) is 2.71. The molecule has 1 fully saturated rings. The topological polar surface area (TPSA) is 51.7 Å². The average Bonchev–Trinajstić information content (AvgIpc) is 2.82. The number of morpholine rings is 1. The zero-order valence-electron chi connectivity index (χ0n) is 9.80. The average molecular weight is 256 g/mol. The Balaban J connectivity index is 1.82. The first kappa shape index (κ1) is 12.5. The molecule has 94 valence electrons. The van der Waals surface area contributed by atoms with Crippen LogP contribution in [0, 0.1) is 0 Å². The summed E-state index contributed by atoms with van der Waals surface area (Å²) in [6, 6.07) is 0. The van der Waals surface area contributed by atoms with Gasteiger partial charge < -0.3 is 9.47 Å². The van der Waals surface area contributed by atoms with E-state index in [1.807, 2.05) is 10.9 Å². The predicted molar refractivity (Wildman–Crippen MR) is 63.8 cm³/mol. The van der Waals surface area contributed by atoms with Crippen molar-refractivity contribution in [2.45, 2.75) is 19.1 Å². The first-order valence-electron chi connectivity index (χ1n) is 5.56. The molecule has 5 nitrogen and oxygen atoms in total. The Kier molecular flexibility index (Phi) is 4.47. The highest BCUT2D eigenvalue weighted by atomic mass is 32.1. The number of hydrogen-bond acceptors (Lipinski definition) is 6. The number of carbonyl (C=O) groups excluding carboxylic acids is 1. The minimum Gasteiger partial charge on any atom is -0.469 e. The van der Waals surface area contributed by atoms with Gasteiger partial charge in [0.25, 0.3) is 0 Å². The van der Waals surface area contributed by atoms with Crippen molar-refractivity contribution in [1.29, 1.82) is 0 Å². The summed E-state index contributed by atoms with van der Waals surface area (Å²) in [7, 11) is 1.40. The Morgan fingerprint density at radius 1 is 1.76 bits per heavy atom. The largest absolute Gasteiger partial charge is 0.469 e. The molecule has 2 heterocycles. The van der Waals surface area contributed by atoms with E-state index in [0.29, 0.717) is 13.0 Å². The lowest BCUT2D eigenvalue weighted by atomic mass is 10.2. The van der Waals surface area contributed by atoms with Crippen LogP contribution in [-0.4, -0.2) is 48.8 Å². The lowest BCUT2D eigenvalue weighted by molar-refractivity contribution is -0.145. The minimum atomic E-state index is -0.217. The van der Waals surface area contributed by atoms with Crippen LogP contribution in [-0.2, 0) is 20.8 Å². The Labute approximate surface area is 104 Å². The molecule has 0 bridgehead atoms. The highest BCUT2D eigenvalue weighted by molar-refractivity contribution is 7.07. The number of aromatic nitrogens is 1. The highest BCUT2D eigenvalue weighted by Gasteiger charge is 2.23. The van der Waals surface area contributed by atoms with Crippen molar-refractivity contribution in [3.8, 4) is 0 Å². The summed E-state index contributed by atoms with van der Waals surface area (Å²) >= 11 is 1.60. The zero-order valence-corrected chi connectivity index (χ0v) is 10.6. The van der Waals surface area contributed by atoms with Gasteiger partial charge in [-0.3, -0.25) is 9.69 Å². The molecule has 0 amide bonds. The van der Waals surface area contributed by atoms with Gasteiger partial charge in [0, 0.05) is 25.0 Å². The number of hydrogen-bond donors (Lipinski definition) is 0. The molecule has 0 saturated carbocycles. The minimum absolute atomic E-state index is 0.0603. The van der Waals surface area contributed by atoms with Crippen molar-refractivity contribution in [3.05, 3.63) is 16.6 Å². The molecule has 1 atom stereocenters. The third-order valence-corrected chi connectivity index (χ3v) is 3.35. The highest BCUT2D eigenvalue weighted by Crippen LogP contribution is 2.13. The van der Waals surface area contributed by atoms with Gasteiger partial charge in [-0.05, 0) is 0 Å². The number of methoxy groups -OCH3 is 1. The Morgan fingerprint density at radius 2 is 2.65 bits per heavy atom. The fourth-order valence-corrected chi connectivity index (χ4v) is 2.41. The maximum atomic E-state index is 11.2. The zero-order chi connectivity index (χ0) is 12.1. The van der Waals surface area contributed by atoms with Gasteiger partial charge in [0.1, 0.15) is 0 Å². The molecular formula is C11H16N2O3S. The van der Waals surface area contributed by atoms with Crippen LogP contribution in [0.25, 0.3) is 0 Å².